The van der Waals surface area contributed by atoms with Crippen molar-refractivity contribution >= 4 is 97.8 Å². The molecule has 1 spiro atoms. The molecule has 12 atom stereocenters. The molecule has 10 N–H and O–H groups in total. The highest BCUT2D eigenvalue weighted by Gasteiger charge is 2.74. The third-order valence-electron chi connectivity index (χ3n) is 18.1. The number of fused-ring (bicyclic) bond motifs is 6. The molecule has 27 heteroatoms. The number of aliphatic hydroxyl groups excluding tert-OH is 1. The predicted octanol–water partition coefficient (Wildman–Crippen LogP) is 2.93. The van der Waals surface area contributed by atoms with Gasteiger partial charge in [0.05, 0.1) is 44.3 Å². The number of carbonyl (C=O) groups is 8. The number of aromatic nitrogens is 1. The number of para-hydroxylation sites is 1. The minimum absolute atomic E-state index is 0.0609. The number of esters is 1. The number of aliphatic hydroxyl groups is 2. The summed E-state index contributed by atoms with van der Waals surface area (Å²) in [5.41, 5.74) is 5.73. The molecule has 3 aromatic rings. The molecular formula is C57H75N9O15S3. The van der Waals surface area contributed by atoms with Gasteiger partial charge in [0.15, 0.2) is 5.37 Å². The molecule has 0 radical (unpaired) electrons. The second-order valence-corrected chi connectivity index (χ2v) is 26.4. The topological polar surface area (TPSA) is 331 Å². The Labute approximate surface area is 498 Å². The number of benzene rings is 2. The number of carbonyl (C=O) groups excluding carboxylic acids is 6. The van der Waals surface area contributed by atoms with Crippen molar-refractivity contribution in [3.8, 4) is 5.75 Å². The summed E-state index contributed by atoms with van der Waals surface area (Å²) in [6, 6.07) is 9.67. The molecule has 84 heavy (non-hydrogen) atoms. The van der Waals surface area contributed by atoms with Crippen molar-refractivity contribution in [2.75, 3.05) is 77.0 Å². The van der Waals surface area contributed by atoms with E-state index in [1.807, 2.05) is 45.2 Å². The molecule has 9 rings (SSSR count). The van der Waals surface area contributed by atoms with Crippen LogP contribution in [0, 0.1) is 17.3 Å². The first kappa shape index (κ1) is 62.3. The van der Waals surface area contributed by atoms with Crippen LogP contribution >= 0.6 is 33.5 Å². The van der Waals surface area contributed by atoms with E-state index in [1.165, 1.54) is 28.7 Å². The van der Waals surface area contributed by atoms with E-state index in [9.17, 15) is 48.9 Å². The predicted molar refractivity (Wildman–Crippen MR) is 315 cm³/mol. The summed E-state index contributed by atoms with van der Waals surface area (Å²) in [5.74, 6) is -6.61. The molecule has 2 aromatic carbocycles. The number of H-pyrrole nitrogens is 1. The van der Waals surface area contributed by atoms with Crippen molar-refractivity contribution in [2.45, 2.75) is 118 Å². The first-order valence-electron chi connectivity index (χ1n) is 28.2. The number of methoxy groups -OCH3 is 2. The SMILES string of the molecule is CC[C@]1(O)C[C@H]2CN(CCc3c([nH]c4ccccc34)[C@@](C(=O)OC)(c3cc4c(cc3OC)N(C)C3[C@@H](C(=O)NNC(=O)OCCSSCCC(=O)NS[C@H](NC(=O)C(CC(=O)O)NC(C)=O)C(=O)O)[C@H](O)[C@]5(CC)C=CCN6CCC43[C@@H]65)C2)C1. The fourth-order valence-electron chi connectivity index (χ4n) is 14.8. The van der Waals surface area contributed by atoms with Gasteiger partial charge in [0, 0.05) is 109 Å². The van der Waals surface area contributed by atoms with Crippen molar-refractivity contribution in [2.24, 2.45) is 17.3 Å². The molecule has 4 unspecified atom stereocenters. The van der Waals surface area contributed by atoms with Gasteiger partial charge in [0.2, 0.25) is 23.6 Å². The van der Waals surface area contributed by atoms with E-state index >= 15 is 4.79 Å². The molecule has 5 aliphatic heterocycles. The van der Waals surface area contributed by atoms with E-state index < -0.39 is 105 Å². The smallest absolute Gasteiger partial charge is 0.426 e. The van der Waals surface area contributed by atoms with Gasteiger partial charge in [-0.2, -0.15) is 0 Å². The van der Waals surface area contributed by atoms with E-state index in [-0.39, 0.29) is 36.5 Å². The number of hydrazine groups is 1. The Kier molecular flexibility index (Phi) is 18.8. The van der Waals surface area contributed by atoms with E-state index in [2.05, 4.69) is 70.2 Å². The number of rotatable bonds is 21. The first-order chi connectivity index (χ1) is 40.1. The molecule has 3 fully saturated rings. The molecule has 1 aliphatic carbocycles. The van der Waals surface area contributed by atoms with Crippen LogP contribution in [0.2, 0.25) is 0 Å². The van der Waals surface area contributed by atoms with Crippen LogP contribution in [-0.2, 0) is 60.3 Å². The summed E-state index contributed by atoms with van der Waals surface area (Å²) in [6.45, 7) is 8.17. The zero-order valence-corrected chi connectivity index (χ0v) is 50.3. The van der Waals surface area contributed by atoms with Gasteiger partial charge in [-0.3, -0.25) is 48.7 Å². The molecular weight excluding hydrogens is 1150 g/mol. The number of carboxylic acid groups (broad SMARTS) is 2. The summed E-state index contributed by atoms with van der Waals surface area (Å²) in [5, 5.41) is 47.2. The van der Waals surface area contributed by atoms with Gasteiger partial charge >= 0.3 is 24.0 Å². The number of nitrogens with zero attached hydrogens (tertiary/aromatic N) is 3. The second-order valence-electron chi connectivity index (χ2n) is 22.8. The van der Waals surface area contributed by atoms with Crippen LogP contribution in [0.3, 0.4) is 0 Å². The van der Waals surface area contributed by atoms with Crippen LogP contribution in [0.4, 0.5) is 10.5 Å². The van der Waals surface area contributed by atoms with Crippen LogP contribution in [0.1, 0.15) is 88.1 Å². The van der Waals surface area contributed by atoms with Crippen molar-refractivity contribution in [3.05, 3.63) is 70.9 Å². The lowest BCUT2D eigenvalue weighted by Crippen LogP contribution is -2.73. The average molecular weight is 1220 g/mol. The number of carboxylic acids is 2. The standard InChI is InChI=1S/C57H75N9O15S3/c1-7-54(78)27-32-28-57(52(76)80-6,44-34(14-19-65(29-32)30-54)33-12-9-10-13-37(33)59-44)36-24-35-39(26-40(36)79-5)64(4)45-43(46(71)55(8-2)16-11-18-66-20-17-56(35,45)51(55)66)48(73)61-62-53(77)81-21-23-83-82-22-15-41(68)63-84-49(50(74)75)60-47(72)38(25-42(69)70)58-31(3)67/h9-13,16,24,26,32,38,43,45-46,49,51,59,71,78H,7-8,14-15,17-23,25,27-30H2,1-6H3,(H,58,67)(H,60,72)(H,61,73)(H,62,77)(H,63,68)(H,69,70)(H,74,75)/t32-,38?,43-,45?,46+,49+,51+,54+,55+,56?,57+/m1/s1. The van der Waals surface area contributed by atoms with Gasteiger partial charge in [0.25, 0.3) is 0 Å². The van der Waals surface area contributed by atoms with Gasteiger partial charge in [0.1, 0.15) is 23.8 Å². The van der Waals surface area contributed by atoms with Crippen molar-refractivity contribution in [1.82, 2.24) is 41.0 Å². The Hall–Kier alpha value is -6.23. The number of amides is 5. The fraction of sp³-hybridized carbons (Fsp3) is 0.579. The monoisotopic (exact) mass is 1220 g/mol. The van der Waals surface area contributed by atoms with Crippen LogP contribution in [0.25, 0.3) is 10.9 Å². The summed E-state index contributed by atoms with van der Waals surface area (Å²) in [4.78, 5) is 114. The minimum Gasteiger partial charge on any atom is -0.496 e. The Morgan fingerprint density at radius 3 is 2.40 bits per heavy atom. The zero-order chi connectivity index (χ0) is 60.5. The normalized spacial score (nSPS) is 29.0. The molecule has 2 saturated heterocycles. The largest absolute Gasteiger partial charge is 0.496 e. The van der Waals surface area contributed by atoms with Crippen molar-refractivity contribution in [3.63, 3.8) is 0 Å². The highest BCUT2D eigenvalue weighted by molar-refractivity contribution is 8.76. The minimum atomic E-state index is -1.69. The third-order valence-corrected chi connectivity index (χ3v) is 21.4. The van der Waals surface area contributed by atoms with Gasteiger partial charge in [-0.1, -0.05) is 65.8 Å². The Bertz CT molecular complexity index is 3080. The highest BCUT2D eigenvalue weighted by atomic mass is 33.1. The molecule has 1 saturated carbocycles. The summed E-state index contributed by atoms with van der Waals surface area (Å²) in [6.07, 6.45) is 4.13. The lowest BCUT2D eigenvalue weighted by atomic mass is 9.49. The van der Waals surface area contributed by atoms with E-state index in [1.54, 1.807) is 7.11 Å². The quantitative estimate of drug-likeness (QED) is 0.0139. The maximum atomic E-state index is 15.5. The number of aliphatic carboxylic acids is 2. The van der Waals surface area contributed by atoms with Crippen molar-refractivity contribution in [1.29, 1.82) is 0 Å². The molecule has 6 aliphatic rings. The molecule has 2 bridgehead atoms. The Balaban J connectivity index is 0.915. The summed E-state index contributed by atoms with van der Waals surface area (Å²) >= 11 is 0.384. The maximum Gasteiger partial charge on any atom is 0.426 e. The van der Waals surface area contributed by atoms with E-state index in [4.69, 9.17) is 19.3 Å². The number of likely N-dealkylation sites (N-methyl/N-ethyl adjacent to an activating group) is 1. The van der Waals surface area contributed by atoms with Gasteiger partial charge in [-0.25, -0.2) is 15.0 Å². The second kappa shape index (κ2) is 25.4. The van der Waals surface area contributed by atoms with Crippen LogP contribution < -0.4 is 35.8 Å². The maximum absolute atomic E-state index is 15.5. The van der Waals surface area contributed by atoms with Crippen molar-refractivity contribution < 1.29 is 73.0 Å². The molecule has 6 heterocycles. The fourth-order valence-corrected chi connectivity index (χ4v) is 17.2. The summed E-state index contributed by atoms with van der Waals surface area (Å²) < 4.78 is 20.1. The van der Waals surface area contributed by atoms with Gasteiger partial charge in [-0.15, -0.1) is 0 Å². The van der Waals surface area contributed by atoms with Crippen LogP contribution in [0.5, 0.6) is 5.75 Å². The molecule has 5 amide bonds. The number of piperidine rings is 1. The first-order valence-corrected chi connectivity index (χ1v) is 31.6. The van der Waals surface area contributed by atoms with E-state index in [0.717, 1.165) is 40.3 Å². The number of aromatic amines is 1. The Morgan fingerprint density at radius 2 is 1.70 bits per heavy atom. The molecule has 24 nitrogen and oxygen atoms in total. The summed E-state index contributed by atoms with van der Waals surface area (Å²) in [7, 11) is 7.48. The lowest BCUT2D eigenvalue weighted by molar-refractivity contribution is -0.148. The van der Waals surface area contributed by atoms with Gasteiger partial charge < -0.3 is 55.2 Å². The van der Waals surface area contributed by atoms with E-state index in [0.29, 0.717) is 94.5 Å². The average Bonchev–Trinajstić information content (AvgIpc) is 1.53. The highest BCUT2D eigenvalue weighted by Crippen LogP contribution is 2.67. The molecule has 1 aromatic heterocycles. The van der Waals surface area contributed by atoms with Crippen LogP contribution in [0.15, 0.2) is 48.6 Å². The number of hydrogen-bond acceptors (Lipinski definition) is 19. The number of anilines is 1. The third kappa shape index (κ3) is 11.5. The number of nitrogens with one attached hydrogen (secondary N) is 6. The number of hydrogen-bond donors (Lipinski definition) is 10. The zero-order valence-electron chi connectivity index (χ0n) is 47.8. The molecule has 456 valence electrons. The number of ether oxygens (including phenoxy) is 3. The lowest BCUT2D eigenvalue weighted by Gasteiger charge is -2.60. The van der Waals surface area contributed by atoms with Crippen LogP contribution in [-0.4, -0.2) is 190 Å². The van der Waals surface area contributed by atoms with Gasteiger partial charge in [-0.05, 0) is 86.2 Å². The Morgan fingerprint density at radius 1 is 0.940 bits per heavy atom.